The number of fused-ring (bicyclic) bond motifs is 8. The maximum absolute atomic E-state index is 13.2. The molecule has 2 aliphatic carbocycles. The Kier molecular flexibility index (Phi) is 23.2. The summed E-state index contributed by atoms with van der Waals surface area (Å²) in [6.07, 6.45) is 0.593. The summed E-state index contributed by atoms with van der Waals surface area (Å²) >= 11 is 45.7. The fourth-order valence-corrected chi connectivity index (χ4v) is 45.9. The maximum atomic E-state index is 13.2. The van der Waals surface area contributed by atoms with Crippen LogP contribution in [0, 0.1) is 0 Å². The molecule has 0 amide bonds. The lowest BCUT2D eigenvalue weighted by molar-refractivity contribution is -0.140. The molecular formula is C81H48O4S24. The molecule has 0 aromatic heterocycles. The van der Waals surface area contributed by atoms with Gasteiger partial charge in [0, 0.05) is 151 Å². The molecular weight excluding hydrogens is 1810 g/mol. The summed E-state index contributed by atoms with van der Waals surface area (Å²) in [7, 11) is 2.98. The lowest BCUT2D eigenvalue weighted by atomic mass is 10.1. The van der Waals surface area contributed by atoms with Crippen LogP contribution < -0.4 is 0 Å². The molecule has 12 aliphatic rings. The number of carbonyl (C=O) groups excluding carboxylic acids is 2. The lowest BCUT2D eigenvalue weighted by Crippen LogP contribution is -2.00. The summed E-state index contributed by atoms with van der Waals surface area (Å²) < 4.78 is 28.4. The molecule has 0 unspecified atom stereocenters. The topological polar surface area (TPSA) is 52.6 Å². The molecule has 0 radical (unpaired) electrons. The van der Waals surface area contributed by atoms with Gasteiger partial charge >= 0.3 is 11.9 Å². The van der Waals surface area contributed by atoms with Crippen LogP contribution in [0.4, 0.5) is 0 Å². The van der Waals surface area contributed by atoms with Crippen molar-refractivity contribution >= 4 is 294 Å². The van der Waals surface area contributed by atoms with Crippen molar-refractivity contribution in [1.82, 2.24) is 0 Å². The SMILES string of the molecule is COC(=O)CCSC1=C(SCSC2=C(SCCC(=O)OC)SC(=C3C(=C4Sc5ccccc5S4)C(=C4Sc5ccccc5S4)C(=C4Sc5ccccc5S4)C3=C3Sc4ccccc4S3)S2)SC(=C2C(=C3Sc4ccccc4S3)C(=C3Sc4ccccc4S3)C(=C3Sc4ccccc4S3)C2=C2Sc3ccccc3S2)S1. The number of thioether (sulfide) groups is 24. The second-order valence-corrected chi connectivity index (χ2v) is 53.2. The highest BCUT2D eigenvalue weighted by atomic mass is 32.3. The minimum absolute atomic E-state index is 0.211. The van der Waals surface area contributed by atoms with Crippen LogP contribution in [-0.4, -0.2) is 42.7 Å². The summed E-state index contributed by atoms with van der Waals surface area (Å²) in [5, 5.41) is 0.719. The molecule has 8 aromatic carbocycles. The van der Waals surface area contributed by atoms with Crippen LogP contribution in [0.25, 0.3) is 0 Å². The molecule has 540 valence electrons. The number of methoxy groups -OCH3 is 2. The van der Waals surface area contributed by atoms with E-state index < -0.39 is 0 Å². The highest BCUT2D eigenvalue weighted by Crippen LogP contribution is 2.75. The molecule has 10 aliphatic heterocycles. The van der Waals surface area contributed by atoms with Crippen molar-refractivity contribution in [1.29, 1.82) is 0 Å². The monoisotopic (exact) mass is 1850 g/mol. The van der Waals surface area contributed by atoms with Gasteiger partial charge in [-0.05, 0) is 97.1 Å². The maximum Gasteiger partial charge on any atom is 0.306 e. The number of ether oxygens (including phenoxy) is 2. The van der Waals surface area contributed by atoms with Crippen LogP contribution in [0.5, 0.6) is 0 Å². The first-order valence-electron chi connectivity index (χ1n) is 33.6. The zero-order valence-corrected chi connectivity index (χ0v) is 76.0. The van der Waals surface area contributed by atoms with Gasteiger partial charge in [0.15, 0.2) is 0 Å². The summed E-state index contributed by atoms with van der Waals surface area (Å²) in [6, 6.07) is 71.4. The number of rotatable bonds is 12. The molecule has 4 nitrogen and oxygen atoms in total. The van der Waals surface area contributed by atoms with Crippen molar-refractivity contribution in [2.45, 2.75) is 91.2 Å². The fourth-order valence-electron chi connectivity index (χ4n) is 12.7. The van der Waals surface area contributed by atoms with Gasteiger partial charge in [0.25, 0.3) is 0 Å². The normalized spacial score (nSPS) is 18.9. The second-order valence-electron chi connectivity index (χ2n) is 24.1. The number of esters is 2. The highest BCUT2D eigenvalue weighted by Gasteiger charge is 2.49. The first-order chi connectivity index (χ1) is 53.7. The molecule has 0 spiro atoms. The van der Waals surface area contributed by atoms with Gasteiger partial charge in [-0.15, -0.1) is 47.0 Å². The molecule has 20 rings (SSSR count). The number of hydrogen-bond donors (Lipinski definition) is 0. The van der Waals surface area contributed by atoms with Gasteiger partial charge in [0.2, 0.25) is 0 Å². The predicted molar refractivity (Wildman–Crippen MR) is 498 cm³/mol. The largest absolute Gasteiger partial charge is 0.469 e. The summed E-state index contributed by atoms with van der Waals surface area (Å²) in [4.78, 5) is 46.9. The van der Waals surface area contributed by atoms with Gasteiger partial charge < -0.3 is 9.47 Å². The summed E-state index contributed by atoms with van der Waals surface area (Å²) in [5.41, 5.74) is 13.0. The Morgan fingerprint density at radius 2 is 0.358 bits per heavy atom. The van der Waals surface area contributed by atoms with Crippen LogP contribution >= 0.6 is 282 Å². The average molecular weight is 1850 g/mol. The third kappa shape index (κ3) is 15.0. The van der Waals surface area contributed by atoms with Crippen molar-refractivity contribution in [3.8, 4) is 0 Å². The third-order valence-electron chi connectivity index (χ3n) is 17.6. The number of hydrogen-bond acceptors (Lipinski definition) is 28. The predicted octanol–water partition coefficient (Wildman–Crippen LogP) is 31.5. The minimum Gasteiger partial charge on any atom is -0.469 e. The zero-order chi connectivity index (χ0) is 72.8. The van der Waals surface area contributed by atoms with E-state index >= 15 is 0 Å². The smallest absolute Gasteiger partial charge is 0.306 e. The van der Waals surface area contributed by atoms with E-state index in [1.54, 1.807) is 23.5 Å². The third-order valence-corrected chi connectivity index (χ3v) is 49.2. The molecule has 28 heteroatoms. The van der Waals surface area contributed by atoms with Crippen LogP contribution in [-0.2, 0) is 19.1 Å². The molecule has 0 N–H and O–H groups in total. The van der Waals surface area contributed by atoms with E-state index in [1.165, 1.54) is 208 Å². The van der Waals surface area contributed by atoms with Crippen LogP contribution in [0.15, 0.2) is 388 Å². The van der Waals surface area contributed by atoms with E-state index in [2.05, 4.69) is 194 Å². The van der Waals surface area contributed by atoms with E-state index in [1.807, 2.05) is 259 Å². The Bertz CT molecular complexity index is 4920. The van der Waals surface area contributed by atoms with Gasteiger partial charge in [0.05, 0.1) is 86.4 Å². The van der Waals surface area contributed by atoms with Crippen LogP contribution in [0.2, 0.25) is 0 Å². The van der Waals surface area contributed by atoms with Gasteiger partial charge in [-0.25, -0.2) is 0 Å². The Hall–Kier alpha value is -2.02. The average Bonchev–Trinajstić information content (AvgIpc) is 1.55. The van der Waals surface area contributed by atoms with Crippen LogP contribution in [0.1, 0.15) is 12.8 Å². The van der Waals surface area contributed by atoms with Crippen molar-refractivity contribution in [3.63, 3.8) is 0 Å². The van der Waals surface area contributed by atoms with Gasteiger partial charge in [-0.1, -0.05) is 332 Å². The minimum atomic E-state index is -0.211. The Morgan fingerprint density at radius 3 is 0.505 bits per heavy atom. The Labute approximate surface area is 734 Å². The number of benzene rings is 8. The van der Waals surface area contributed by atoms with Gasteiger partial charge in [0.1, 0.15) is 0 Å². The molecule has 8 aromatic rings. The summed E-state index contributed by atoms with van der Waals surface area (Å²) in [5.74, 6) is 0.740. The highest BCUT2D eigenvalue weighted by molar-refractivity contribution is 8.44. The summed E-state index contributed by atoms with van der Waals surface area (Å²) in [6.45, 7) is 0. The zero-order valence-electron chi connectivity index (χ0n) is 56.4. The first-order valence-corrected chi connectivity index (χ1v) is 53.9. The quantitative estimate of drug-likeness (QED) is 0.0861. The van der Waals surface area contributed by atoms with Gasteiger partial charge in [-0.3, -0.25) is 9.59 Å². The molecule has 0 atom stereocenters. The molecule has 0 saturated heterocycles. The van der Waals surface area contributed by atoms with E-state index in [-0.39, 0.29) is 11.9 Å². The van der Waals surface area contributed by atoms with Crippen molar-refractivity contribution in [2.75, 3.05) is 30.8 Å². The number of allylic oxidation sites excluding steroid dienone is 10. The molecule has 2 saturated carbocycles. The molecule has 2 fully saturated rings. The lowest BCUT2D eigenvalue weighted by Gasteiger charge is -2.13. The van der Waals surface area contributed by atoms with Crippen molar-refractivity contribution in [2.24, 2.45) is 0 Å². The molecule has 10 heterocycles. The van der Waals surface area contributed by atoms with Gasteiger partial charge in [-0.2, -0.15) is 0 Å². The van der Waals surface area contributed by atoms with Crippen molar-refractivity contribution in [3.05, 3.63) is 309 Å². The first kappa shape index (κ1) is 75.7. The number of carbonyl (C=O) groups is 2. The van der Waals surface area contributed by atoms with E-state index in [0.717, 1.165) is 5.08 Å². The van der Waals surface area contributed by atoms with E-state index in [9.17, 15) is 9.59 Å². The standard InChI is InChI=1S/C81H48O4S24/c1-84-56(82)35-37-86-78-80(108-76(106-78)66-62(72-98-48-27-11-12-28-49(48)99-72)58(68-90-40-19-3-4-20-41(40)91-68)59(69-92-42-21-5-6-22-43(42)93-69)63(66)73-100-50-29-13-14-30-51(50)101-73)88-39-89-81-79(87-38-36-57(83)85-2)107-77(109-81)67-64(74-102-52-31-15-16-32-53(52)103-74)60(70-94-44-23-7-8-24-45(44)95-70)61(71-96-46-25-9-10-26-47(46)97-71)65(67)75-104-54-33-17-18-34-55(54)105-75/h3-34H,35-39H2,1-2H3. The van der Waals surface area contributed by atoms with E-state index in [4.69, 9.17) is 9.47 Å². The Balaban J connectivity index is 0.733. The fraction of sp³-hybridized carbons (Fsp3) is 0.0864. The van der Waals surface area contributed by atoms with E-state index in [0.29, 0.717) is 24.3 Å². The second kappa shape index (κ2) is 33.4. The Morgan fingerprint density at radius 1 is 0.220 bits per heavy atom. The molecule has 0 bridgehead atoms. The van der Waals surface area contributed by atoms with Crippen LogP contribution in [0.3, 0.4) is 0 Å². The van der Waals surface area contributed by atoms with Crippen molar-refractivity contribution < 1.29 is 19.1 Å². The molecule has 109 heavy (non-hydrogen) atoms.